The second-order valence-corrected chi connectivity index (χ2v) is 7.68. The van der Waals surface area contributed by atoms with Crippen LogP contribution in [0.25, 0.3) is 16.7 Å². The number of nitrogens with two attached hydrogens (primary N) is 1. The van der Waals surface area contributed by atoms with E-state index in [0.717, 1.165) is 6.92 Å². The van der Waals surface area contributed by atoms with E-state index in [2.05, 4.69) is 16.6 Å². The first-order chi connectivity index (χ1) is 15.6. The molecule has 0 bridgehead atoms. The first kappa shape index (κ1) is 25.6. The molecule has 0 unspecified atom stereocenters. The van der Waals surface area contributed by atoms with Crippen LogP contribution >= 0.6 is 0 Å². The van der Waals surface area contributed by atoms with Crippen molar-refractivity contribution >= 4 is 17.7 Å². The van der Waals surface area contributed by atoms with Crippen LogP contribution in [0.3, 0.4) is 0 Å². The number of hydrogen-bond donors (Lipinski definition) is 1. The summed E-state index contributed by atoms with van der Waals surface area (Å²) in [7, 11) is 1.79. The summed E-state index contributed by atoms with van der Waals surface area (Å²) < 4.78 is 43.0. The van der Waals surface area contributed by atoms with Gasteiger partial charge in [-0.2, -0.15) is 0 Å². The molecule has 174 valence electrons. The third-order valence-electron chi connectivity index (χ3n) is 4.75. The van der Waals surface area contributed by atoms with E-state index in [-0.39, 0.29) is 5.56 Å². The number of hydrogen-bond acceptors (Lipinski definition) is 2. The summed E-state index contributed by atoms with van der Waals surface area (Å²) in [5, 5.41) is 0. The van der Waals surface area contributed by atoms with Gasteiger partial charge < -0.3 is 10.6 Å². The van der Waals surface area contributed by atoms with Gasteiger partial charge in [-0.25, -0.2) is 23.2 Å². The highest BCUT2D eigenvalue weighted by atomic mass is 19.3. The van der Waals surface area contributed by atoms with Crippen molar-refractivity contribution in [2.75, 3.05) is 7.05 Å². The lowest BCUT2D eigenvalue weighted by molar-refractivity contribution is 0.0174. The predicted molar refractivity (Wildman–Crippen MR) is 132 cm³/mol. The van der Waals surface area contributed by atoms with Crippen molar-refractivity contribution in [2.45, 2.75) is 33.2 Å². The van der Waals surface area contributed by atoms with Crippen molar-refractivity contribution in [1.29, 1.82) is 0 Å². The van der Waals surface area contributed by atoms with E-state index in [1.165, 1.54) is 30.5 Å². The molecule has 2 aromatic rings. The summed E-state index contributed by atoms with van der Waals surface area (Å²) in [6, 6.07) is 9.15. The monoisotopic (exact) mass is 454 g/mol. The van der Waals surface area contributed by atoms with Crippen LogP contribution in [-0.4, -0.2) is 24.1 Å². The molecular formula is C26H29F3N4. The summed E-state index contributed by atoms with van der Waals surface area (Å²) in [4.78, 5) is 9.90. The topological polar surface area (TPSA) is 54.0 Å². The fraction of sp³-hybridized carbons (Fsp3) is 0.231. The Morgan fingerprint density at radius 3 is 2.52 bits per heavy atom. The highest BCUT2D eigenvalue weighted by molar-refractivity contribution is 5.81. The summed E-state index contributed by atoms with van der Waals surface area (Å²) in [5.41, 5.74) is 8.08. The van der Waals surface area contributed by atoms with Gasteiger partial charge in [-0.15, -0.1) is 0 Å². The third kappa shape index (κ3) is 7.20. The maximum atomic E-state index is 15.0. The number of nitrogens with zero attached hydrogens (tertiary/aromatic N) is 3. The van der Waals surface area contributed by atoms with Crippen molar-refractivity contribution in [2.24, 2.45) is 15.7 Å². The molecule has 0 atom stereocenters. The minimum Gasteiger partial charge on any atom is -0.387 e. The number of aliphatic imine (C=N–C) groups is 2. The normalized spacial score (nSPS) is 13.2. The van der Waals surface area contributed by atoms with E-state index >= 15 is 4.39 Å². The molecule has 0 fully saturated rings. The van der Waals surface area contributed by atoms with Gasteiger partial charge in [0.15, 0.2) is 0 Å². The Hall–Kier alpha value is -3.61. The number of rotatable bonds is 9. The Balaban J connectivity index is 2.54. The SMILES string of the molecule is C=C/C(=C\N=C(C)N)c1ccc(-c2ccc(C(C)(F)F)cc2CN(C)C=N/C=C\C)cc1F. The van der Waals surface area contributed by atoms with Gasteiger partial charge in [-0.05, 0) is 42.7 Å². The van der Waals surface area contributed by atoms with Gasteiger partial charge >= 0.3 is 0 Å². The van der Waals surface area contributed by atoms with Crippen LogP contribution in [0.5, 0.6) is 0 Å². The first-order valence-electron chi connectivity index (χ1n) is 10.4. The van der Waals surface area contributed by atoms with Gasteiger partial charge in [0.2, 0.25) is 0 Å². The first-order valence-corrected chi connectivity index (χ1v) is 10.4. The standard InChI is InChI=1S/C26H29F3N4/c1-6-12-31-17-33(5)16-21-13-22(26(4,28)29)9-11-23(21)20-8-10-24(25(27)14-20)19(7-2)15-32-18(3)30/h6-15,17H,2,16H2,1,3-5H3,(H2,30,32)/b12-6-,19-15+,31-17?. The fourth-order valence-electron chi connectivity index (χ4n) is 3.15. The number of benzene rings is 2. The van der Waals surface area contributed by atoms with E-state index < -0.39 is 11.7 Å². The van der Waals surface area contributed by atoms with Gasteiger partial charge in [-0.3, -0.25) is 0 Å². The quantitative estimate of drug-likeness (QED) is 0.267. The molecule has 4 nitrogen and oxygen atoms in total. The van der Waals surface area contributed by atoms with Gasteiger partial charge in [0, 0.05) is 49.6 Å². The molecular weight excluding hydrogens is 425 g/mol. The van der Waals surface area contributed by atoms with Crippen molar-refractivity contribution < 1.29 is 13.2 Å². The molecule has 0 spiro atoms. The molecule has 0 aliphatic heterocycles. The molecule has 2 rings (SSSR count). The molecule has 0 heterocycles. The lowest BCUT2D eigenvalue weighted by Crippen LogP contribution is -2.17. The lowest BCUT2D eigenvalue weighted by Gasteiger charge is -2.20. The zero-order valence-electron chi connectivity index (χ0n) is 19.3. The lowest BCUT2D eigenvalue weighted by atomic mass is 9.94. The summed E-state index contributed by atoms with van der Waals surface area (Å²) in [5.74, 6) is -3.14. The molecule has 0 amide bonds. The van der Waals surface area contributed by atoms with Crippen LogP contribution < -0.4 is 5.73 Å². The molecule has 0 saturated heterocycles. The molecule has 0 aromatic heterocycles. The average Bonchev–Trinajstić information content (AvgIpc) is 2.74. The van der Waals surface area contributed by atoms with E-state index in [9.17, 15) is 8.78 Å². The van der Waals surface area contributed by atoms with E-state index in [0.29, 0.717) is 40.2 Å². The Morgan fingerprint density at radius 2 is 1.94 bits per heavy atom. The number of amidine groups is 1. The zero-order valence-corrected chi connectivity index (χ0v) is 19.3. The molecule has 33 heavy (non-hydrogen) atoms. The van der Waals surface area contributed by atoms with Gasteiger partial charge in [0.25, 0.3) is 5.92 Å². The summed E-state index contributed by atoms with van der Waals surface area (Å²) >= 11 is 0. The number of alkyl halides is 2. The molecule has 7 heteroatoms. The maximum Gasteiger partial charge on any atom is 0.270 e. The highest BCUT2D eigenvalue weighted by Gasteiger charge is 2.25. The average molecular weight is 455 g/mol. The second-order valence-electron chi connectivity index (χ2n) is 7.68. The zero-order chi connectivity index (χ0) is 24.6. The molecule has 0 aliphatic rings. The van der Waals surface area contributed by atoms with Crippen LogP contribution in [0.2, 0.25) is 0 Å². The molecule has 2 aromatic carbocycles. The van der Waals surface area contributed by atoms with Gasteiger partial charge in [0.05, 0.1) is 12.2 Å². The smallest absolute Gasteiger partial charge is 0.270 e. The van der Waals surface area contributed by atoms with Crippen molar-refractivity contribution in [3.63, 3.8) is 0 Å². The van der Waals surface area contributed by atoms with Crippen molar-refractivity contribution in [1.82, 2.24) is 4.90 Å². The van der Waals surface area contributed by atoms with E-state index in [1.807, 2.05) is 6.92 Å². The molecule has 0 aliphatic carbocycles. The summed E-state index contributed by atoms with van der Waals surface area (Å²) in [6.45, 7) is 8.34. The Labute approximate surface area is 193 Å². The molecule has 0 saturated carbocycles. The molecule has 0 radical (unpaired) electrons. The van der Waals surface area contributed by atoms with E-state index in [1.54, 1.807) is 55.7 Å². The Morgan fingerprint density at radius 1 is 1.21 bits per heavy atom. The van der Waals surface area contributed by atoms with E-state index in [4.69, 9.17) is 5.73 Å². The van der Waals surface area contributed by atoms with Crippen LogP contribution in [0.1, 0.15) is 37.5 Å². The van der Waals surface area contributed by atoms with Crippen LogP contribution in [0.4, 0.5) is 13.2 Å². The van der Waals surface area contributed by atoms with Crippen molar-refractivity contribution in [3.8, 4) is 11.1 Å². The maximum absolute atomic E-state index is 15.0. The van der Waals surface area contributed by atoms with Gasteiger partial charge in [-0.1, -0.05) is 43.0 Å². The highest BCUT2D eigenvalue weighted by Crippen LogP contribution is 2.34. The largest absolute Gasteiger partial charge is 0.387 e. The minimum atomic E-state index is -2.99. The van der Waals surface area contributed by atoms with Crippen LogP contribution in [0.15, 0.2) is 77.5 Å². The third-order valence-corrected chi connectivity index (χ3v) is 4.75. The minimum absolute atomic E-state index is 0.107. The Bertz CT molecular complexity index is 1110. The van der Waals surface area contributed by atoms with Crippen LogP contribution in [0, 0.1) is 5.82 Å². The number of allylic oxidation sites excluding steroid dienone is 3. The van der Waals surface area contributed by atoms with Crippen molar-refractivity contribution in [3.05, 3.63) is 90.0 Å². The summed E-state index contributed by atoms with van der Waals surface area (Å²) in [6.07, 6.45) is 7.95. The van der Waals surface area contributed by atoms with Gasteiger partial charge in [0.1, 0.15) is 5.82 Å². The second kappa shape index (κ2) is 11.3. The van der Waals surface area contributed by atoms with Crippen LogP contribution in [-0.2, 0) is 12.5 Å². The fourth-order valence-corrected chi connectivity index (χ4v) is 3.15. The predicted octanol–water partition coefficient (Wildman–Crippen LogP) is 6.50. The number of halogens is 3. The molecule has 2 N–H and O–H groups in total. The Kier molecular flexibility index (Phi) is 8.79.